The lowest BCUT2D eigenvalue weighted by Crippen LogP contribution is -2.31. The SMILES string of the molecule is O=C(CC[C@H]1CCOC1)N[C@@H](CO)c1ccc(Cl)c(F)c1. The van der Waals surface area contributed by atoms with Gasteiger partial charge in [-0.2, -0.15) is 0 Å². The van der Waals surface area contributed by atoms with Gasteiger partial charge in [-0.05, 0) is 36.5 Å². The lowest BCUT2D eigenvalue weighted by Gasteiger charge is -2.17. The summed E-state index contributed by atoms with van der Waals surface area (Å²) < 4.78 is 18.7. The number of aliphatic hydroxyl groups is 1. The molecule has 1 aromatic rings. The standard InChI is InChI=1S/C15H19ClFNO3/c16-12-3-2-11(7-13(12)17)14(8-19)18-15(20)4-1-10-5-6-21-9-10/h2-3,7,10,14,19H,1,4-6,8-9H2,(H,18,20)/t10-,14-/m0/s1. The quantitative estimate of drug-likeness (QED) is 0.847. The first-order valence-electron chi connectivity index (χ1n) is 7.03. The average Bonchev–Trinajstić information content (AvgIpc) is 2.99. The largest absolute Gasteiger partial charge is 0.394 e. The van der Waals surface area contributed by atoms with Gasteiger partial charge in [-0.1, -0.05) is 17.7 Å². The Morgan fingerprint density at radius 3 is 3.00 bits per heavy atom. The normalized spacial score (nSPS) is 19.5. The molecule has 0 radical (unpaired) electrons. The van der Waals surface area contributed by atoms with Crippen LogP contribution in [0.4, 0.5) is 4.39 Å². The number of halogens is 2. The van der Waals surface area contributed by atoms with Gasteiger partial charge in [0, 0.05) is 19.6 Å². The van der Waals surface area contributed by atoms with Crippen molar-refractivity contribution in [3.05, 3.63) is 34.6 Å². The minimum atomic E-state index is -0.621. The van der Waals surface area contributed by atoms with E-state index >= 15 is 0 Å². The summed E-state index contributed by atoms with van der Waals surface area (Å²) in [6.45, 7) is 1.17. The number of benzene rings is 1. The summed E-state index contributed by atoms with van der Waals surface area (Å²) in [6, 6.07) is 3.62. The smallest absolute Gasteiger partial charge is 0.220 e. The van der Waals surface area contributed by atoms with E-state index < -0.39 is 11.9 Å². The first kappa shape index (κ1) is 16.2. The van der Waals surface area contributed by atoms with E-state index in [0.717, 1.165) is 19.4 Å². The summed E-state index contributed by atoms with van der Waals surface area (Å²) in [5.41, 5.74) is 0.497. The predicted octanol–water partition coefficient (Wildman–Crippen LogP) is 2.45. The van der Waals surface area contributed by atoms with E-state index in [-0.39, 0.29) is 17.5 Å². The van der Waals surface area contributed by atoms with E-state index in [9.17, 15) is 14.3 Å². The number of amides is 1. The fraction of sp³-hybridized carbons (Fsp3) is 0.533. The van der Waals surface area contributed by atoms with Crippen molar-refractivity contribution in [2.45, 2.75) is 25.3 Å². The van der Waals surface area contributed by atoms with Crippen molar-refractivity contribution >= 4 is 17.5 Å². The molecule has 1 aliphatic heterocycles. The van der Waals surface area contributed by atoms with Crippen LogP contribution in [0.5, 0.6) is 0 Å². The van der Waals surface area contributed by atoms with E-state index in [1.54, 1.807) is 6.07 Å². The number of ether oxygens (including phenoxy) is 1. The zero-order valence-electron chi connectivity index (χ0n) is 11.6. The third-order valence-corrected chi connectivity index (χ3v) is 3.97. The molecule has 1 amide bonds. The topological polar surface area (TPSA) is 58.6 Å². The van der Waals surface area contributed by atoms with Gasteiger partial charge in [-0.3, -0.25) is 4.79 Å². The molecule has 0 aliphatic carbocycles. The summed E-state index contributed by atoms with van der Waals surface area (Å²) in [6.07, 6.45) is 2.12. The number of aliphatic hydroxyl groups excluding tert-OH is 1. The Bertz CT molecular complexity index is 492. The highest BCUT2D eigenvalue weighted by molar-refractivity contribution is 6.30. The van der Waals surface area contributed by atoms with Crippen molar-refractivity contribution in [2.24, 2.45) is 5.92 Å². The highest BCUT2D eigenvalue weighted by atomic mass is 35.5. The molecule has 1 heterocycles. The van der Waals surface area contributed by atoms with Crippen molar-refractivity contribution in [1.82, 2.24) is 5.32 Å². The van der Waals surface area contributed by atoms with E-state index in [1.165, 1.54) is 12.1 Å². The molecule has 116 valence electrons. The fourth-order valence-electron chi connectivity index (χ4n) is 2.38. The first-order chi connectivity index (χ1) is 10.1. The van der Waals surface area contributed by atoms with E-state index in [0.29, 0.717) is 24.5 Å². The number of hydrogen-bond acceptors (Lipinski definition) is 3. The molecule has 0 aromatic heterocycles. The van der Waals surface area contributed by atoms with Crippen LogP contribution in [0.15, 0.2) is 18.2 Å². The van der Waals surface area contributed by atoms with Crippen LogP contribution in [0.1, 0.15) is 30.9 Å². The van der Waals surface area contributed by atoms with Gasteiger partial charge < -0.3 is 15.2 Å². The summed E-state index contributed by atoms with van der Waals surface area (Å²) in [4.78, 5) is 11.9. The molecule has 2 atom stereocenters. The minimum absolute atomic E-state index is 0.0167. The van der Waals surface area contributed by atoms with Crippen LogP contribution < -0.4 is 5.32 Å². The zero-order chi connectivity index (χ0) is 15.2. The molecule has 1 fully saturated rings. The Hall–Kier alpha value is -1.17. The zero-order valence-corrected chi connectivity index (χ0v) is 12.4. The highest BCUT2D eigenvalue weighted by Crippen LogP contribution is 2.21. The van der Waals surface area contributed by atoms with Gasteiger partial charge in [0.1, 0.15) is 5.82 Å². The Morgan fingerprint density at radius 2 is 2.38 bits per heavy atom. The lowest BCUT2D eigenvalue weighted by molar-refractivity contribution is -0.122. The van der Waals surface area contributed by atoms with Gasteiger partial charge >= 0.3 is 0 Å². The second-order valence-electron chi connectivity index (χ2n) is 5.24. The highest BCUT2D eigenvalue weighted by Gasteiger charge is 2.19. The second-order valence-corrected chi connectivity index (χ2v) is 5.65. The third-order valence-electron chi connectivity index (χ3n) is 3.67. The Labute approximate surface area is 128 Å². The molecule has 0 saturated carbocycles. The van der Waals surface area contributed by atoms with Gasteiger partial charge in [0.25, 0.3) is 0 Å². The molecule has 0 bridgehead atoms. The van der Waals surface area contributed by atoms with Crippen molar-refractivity contribution in [3.8, 4) is 0 Å². The van der Waals surface area contributed by atoms with Crippen molar-refractivity contribution in [2.75, 3.05) is 19.8 Å². The van der Waals surface area contributed by atoms with Gasteiger partial charge in [0.15, 0.2) is 0 Å². The Morgan fingerprint density at radius 1 is 1.57 bits per heavy atom. The molecule has 6 heteroatoms. The maximum absolute atomic E-state index is 13.4. The second kappa shape index (κ2) is 7.73. The molecule has 2 N–H and O–H groups in total. The summed E-state index contributed by atoms with van der Waals surface area (Å²) in [7, 11) is 0. The molecule has 2 rings (SSSR count). The number of carbonyl (C=O) groups is 1. The number of nitrogens with one attached hydrogen (secondary N) is 1. The molecule has 1 aromatic carbocycles. The van der Waals surface area contributed by atoms with Crippen LogP contribution in [-0.2, 0) is 9.53 Å². The van der Waals surface area contributed by atoms with Crippen molar-refractivity contribution < 1.29 is 19.0 Å². The number of rotatable bonds is 6. The minimum Gasteiger partial charge on any atom is -0.394 e. The van der Waals surface area contributed by atoms with E-state index in [2.05, 4.69) is 5.32 Å². The van der Waals surface area contributed by atoms with Gasteiger partial charge in [0.05, 0.1) is 17.7 Å². The fourth-order valence-corrected chi connectivity index (χ4v) is 2.49. The molecule has 1 aliphatic rings. The van der Waals surface area contributed by atoms with Crippen molar-refractivity contribution in [1.29, 1.82) is 0 Å². The maximum Gasteiger partial charge on any atom is 0.220 e. The third kappa shape index (κ3) is 4.66. The molecular formula is C15H19ClFNO3. The Kier molecular flexibility index (Phi) is 5.96. The molecule has 0 spiro atoms. The van der Waals surface area contributed by atoms with Crippen LogP contribution >= 0.6 is 11.6 Å². The molecular weight excluding hydrogens is 297 g/mol. The summed E-state index contributed by atoms with van der Waals surface area (Å²) in [5.74, 6) is -0.294. The molecule has 0 unspecified atom stereocenters. The number of hydrogen-bond donors (Lipinski definition) is 2. The maximum atomic E-state index is 13.4. The Balaban J connectivity index is 1.88. The van der Waals surface area contributed by atoms with Crippen LogP contribution in [0.3, 0.4) is 0 Å². The van der Waals surface area contributed by atoms with Gasteiger partial charge in [0.2, 0.25) is 5.91 Å². The first-order valence-corrected chi connectivity index (χ1v) is 7.41. The van der Waals surface area contributed by atoms with Crippen LogP contribution in [0.25, 0.3) is 0 Å². The predicted molar refractivity (Wildman–Crippen MR) is 77.5 cm³/mol. The van der Waals surface area contributed by atoms with Gasteiger partial charge in [-0.25, -0.2) is 4.39 Å². The van der Waals surface area contributed by atoms with E-state index in [4.69, 9.17) is 16.3 Å². The molecule has 4 nitrogen and oxygen atoms in total. The average molecular weight is 316 g/mol. The molecule has 1 saturated heterocycles. The van der Waals surface area contributed by atoms with Gasteiger partial charge in [-0.15, -0.1) is 0 Å². The molecule has 21 heavy (non-hydrogen) atoms. The van der Waals surface area contributed by atoms with E-state index in [1.807, 2.05) is 0 Å². The van der Waals surface area contributed by atoms with Crippen LogP contribution in [0, 0.1) is 11.7 Å². The van der Waals surface area contributed by atoms with Crippen LogP contribution in [-0.4, -0.2) is 30.8 Å². The summed E-state index contributed by atoms with van der Waals surface area (Å²) >= 11 is 5.62. The monoisotopic (exact) mass is 315 g/mol. The van der Waals surface area contributed by atoms with Crippen molar-refractivity contribution in [3.63, 3.8) is 0 Å². The lowest BCUT2D eigenvalue weighted by atomic mass is 10.0. The van der Waals surface area contributed by atoms with Crippen LogP contribution in [0.2, 0.25) is 5.02 Å². The summed E-state index contributed by atoms with van der Waals surface area (Å²) in [5, 5.41) is 12.1. The number of carbonyl (C=O) groups excluding carboxylic acids is 1.